The highest BCUT2D eigenvalue weighted by Crippen LogP contribution is 2.11. The van der Waals surface area contributed by atoms with Gasteiger partial charge >= 0.3 is 0 Å². The van der Waals surface area contributed by atoms with E-state index in [-0.39, 0.29) is 11.9 Å². The number of carbonyl (C=O) groups excluding carboxylic acids is 1. The highest BCUT2D eigenvalue weighted by atomic mass is 16.2. The van der Waals surface area contributed by atoms with Crippen molar-refractivity contribution in [3.8, 4) is 0 Å². The molecule has 0 aromatic carbocycles. The molecule has 2 heterocycles. The molecule has 1 aliphatic heterocycles. The van der Waals surface area contributed by atoms with Crippen LogP contribution in [0.4, 0.5) is 0 Å². The normalized spacial score (nSPS) is 17.0. The average molecular weight is 223 g/mol. The second-order valence-corrected chi connectivity index (χ2v) is 4.10. The zero-order chi connectivity index (χ0) is 11.5. The molecule has 0 saturated heterocycles. The van der Waals surface area contributed by atoms with Crippen LogP contribution < -0.4 is 5.73 Å². The quantitative estimate of drug-likeness (QED) is 0.766. The minimum atomic E-state index is -0.375. The Bertz CT molecular complexity index is 375. The van der Waals surface area contributed by atoms with Gasteiger partial charge in [0.15, 0.2) is 5.82 Å². The molecule has 0 spiro atoms. The lowest BCUT2D eigenvalue weighted by molar-refractivity contribution is -0.134. The monoisotopic (exact) mass is 223 g/mol. The Hall–Kier alpha value is -1.43. The van der Waals surface area contributed by atoms with Gasteiger partial charge in [-0.1, -0.05) is 13.3 Å². The molecule has 0 bridgehead atoms. The van der Waals surface area contributed by atoms with Gasteiger partial charge in [0, 0.05) is 13.1 Å². The Balaban J connectivity index is 2.00. The van der Waals surface area contributed by atoms with Crippen molar-refractivity contribution in [1.82, 2.24) is 19.7 Å². The van der Waals surface area contributed by atoms with E-state index in [0.29, 0.717) is 13.1 Å². The van der Waals surface area contributed by atoms with Gasteiger partial charge in [-0.25, -0.2) is 0 Å². The number of amides is 1. The lowest BCUT2D eigenvalue weighted by Crippen LogP contribution is -2.46. The van der Waals surface area contributed by atoms with E-state index < -0.39 is 0 Å². The molecule has 2 rings (SSSR count). The van der Waals surface area contributed by atoms with E-state index in [4.69, 9.17) is 5.73 Å². The summed E-state index contributed by atoms with van der Waals surface area (Å²) in [6.45, 7) is 4.00. The molecule has 6 nitrogen and oxygen atoms in total. The SMILES string of the molecule is CCCC(N)C(=O)N1CCn2cnnc2C1. The molecule has 0 aliphatic carbocycles. The van der Waals surface area contributed by atoms with Crippen LogP contribution in [0.3, 0.4) is 0 Å². The highest BCUT2D eigenvalue weighted by molar-refractivity contribution is 5.81. The molecule has 1 aromatic heterocycles. The average Bonchev–Trinajstić information content (AvgIpc) is 2.75. The Morgan fingerprint density at radius 2 is 2.44 bits per heavy atom. The molecule has 1 aliphatic rings. The Morgan fingerprint density at radius 1 is 1.62 bits per heavy atom. The van der Waals surface area contributed by atoms with Crippen molar-refractivity contribution in [2.75, 3.05) is 6.54 Å². The van der Waals surface area contributed by atoms with Gasteiger partial charge in [-0.05, 0) is 6.42 Å². The third-order valence-electron chi connectivity index (χ3n) is 2.87. The van der Waals surface area contributed by atoms with E-state index in [1.807, 2.05) is 11.5 Å². The number of nitrogens with zero attached hydrogens (tertiary/aromatic N) is 4. The summed E-state index contributed by atoms with van der Waals surface area (Å²) < 4.78 is 1.97. The lowest BCUT2D eigenvalue weighted by atomic mass is 10.1. The van der Waals surface area contributed by atoms with E-state index in [2.05, 4.69) is 10.2 Å². The van der Waals surface area contributed by atoms with Crippen LogP contribution in [0.1, 0.15) is 25.6 Å². The first-order valence-corrected chi connectivity index (χ1v) is 5.63. The molecule has 16 heavy (non-hydrogen) atoms. The van der Waals surface area contributed by atoms with Gasteiger partial charge in [-0.2, -0.15) is 0 Å². The standard InChI is InChI=1S/C10H17N5O/c1-2-3-8(11)10(16)14-4-5-15-7-12-13-9(15)6-14/h7-8H,2-6,11H2,1H3. The number of nitrogens with two attached hydrogens (primary N) is 1. The van der Waals surface area contributed by atoms with Crippen LogP contribution in [-0.2, 0) is 17.9 Å². The summed E-state index contributed by atoms with van der Waals surface area (Å²) in [5.41, 5.74) is 5.82. The van der Waals surface area contributed by atoms with Crippen LogP contribution in [0.5, 0.6) is 0 Å². The molecule has 1 amide bonds. The summed E-state index contributed by atoms with van der Waals surface area (Å²) in [7, 11) is 0. The summed E-state index contributed by atoms with van der Waals surface area (Å²) in [6, 6.07) is -0.375. The van der Waals surface area contributed by atoms with E-state index >= 15 is 0 Å². The molecule has 1 atom stereocenters. The first-order valence-electron chi connectivity index (χ1n) is 5.63. The number of fused-ring (bicyclic) bond motifs is 1. The molecule has 0 fully saturated rings. The summed E-state index contributed by atoms with van der Waals surface area (Å²) in [4.78, 5) is 13.7. The van der Waals surface area contributed by atoms with Crippen LogP contribution in [0, 0.1) is 0 Å². The smallest absolute Gasteiger partial charge is 0.239 e. The van der Waals surface area contributed by atoms with Gasteiger partial charge in [0.1, 0.15) is 6.33 Å². The third-order valence-corrected chi connectivity index (χ3v) is 2.87. The van der Waals surface area contributed by atoms with Crippen molar-refractivity contribution in [1.29, 1.82) is 0 Å². The molecular formula is C10H17N5O. The van der Waals surface area contributed by atoms with Crippen molar-refractivity contribution >= 4 is 5.91 Å². The molecule has 1 aromatic rings. The predicted molar refractivity (Wildman–Crippen MR) is 58.3 cm³/mol. The molecular weight excluding hydrogens is 206 g/mol. The number of hydrogen-bond donors (Lipinski definition) is 1. The minimum Gasteiger partial charge on any atom is -0.332 e. The Labute approximate surface area is 94.4 Å². The maximum Gasteiger partial charge on any atom is 0.239 e. The van der Waals surface area contributed by atoms with E-state index in [9.17, 15) is 4.79 Å². The topological polar surface area (TPSA) is 77.0 Å². The Kier molecular flexibility index (Phi) is 3.19. The van der Waals surface area contributed by atoms with E-state index in [1.54, 1.807) is 11.2 Å². The lowest BCUT2D eigenvalue weighted by Gasteiger charge is -2.29. The van der Waals surface area contributed by atoms with Gasteiger partial charge in [0.2, 0.25) is 5.91 Å². The first-order chi connectivity index (χ1) is 7.72. The first kappa shape index (κ1) is 11.1. The van der Waals surface area contributed by atoms with Crippen LogP contribution in [-0.4, -0.2) is 38.2 Å². The minimum absolute atomic E-state index is 0.0242. The van der Waals surface area contributed by atoms with Gasteiger partial charge in [0.05, 0.1) is 12.6 Å². The van der Waals surface area contributed by atoms with Gasteiger partial charge in [0.25, 0.3) is 0 Å². The predicted octanol–water partition coefficient (Wildman–Crippen LogP) is -0.252. The third kappa shape index (κ3) is 2.06. The zero-order valence-electron chi connectivity index (χ0n) is 9.46. The molecule has 0 radical (unpaired) electrons. The van der Waals surface area contributed by atoms with E-state index in [1.165, 1.54) is 0 Å². The maximum atomic E-state index is 12.0. The fraction of sp³-hybridized carbons (Fsp3) is 0.700. The molecule has 2 N–H and O–H groups in total. The molecule has 1 unspecified atom stereocenters. The van der Waals surface area contributed by atoms with Crippen LogP contribution in [0.25, 0.3) is 0 Å². The Morgan fingerprint density at radius 3 is 3.19 bits per heavy atom. The summed E-state index contributed by atoms with van der Waals surface area (Å²) in [6.07, 6.45) is 3.36. The van der Waals surface area contributed by atoms with Crippen LogP contribution in [0.2, 0.25) is 0 Å². The number of carbonyl (C=O) groups is 1. The van der Waals surface area contributed by atoms with Gasteiger partial charge in [-0.15, -0.1) is 10.2 Å². The van der Waals surface area contributed by atoms with Crippen molar-refractivity contribution in [3.63, 3.8) is 0 Å². The van der Waals surface area contributed by atoms with Crippen molar-refractivity contribution in [3.05, 3.63) is 12.2 Å². The summed E-state index contributed by atoms with van der Waals surface area (Å²) in [5, 5.41) is 7.80. The number of aromatic nitrogens is 3. The molecule has 6 heteroatoms. The number of hydrogen-bond acceptors (Lipinski definition) is 4. The maximum absolute atomic E-state index is 12.0. The summed E-state index contributed by atoms with van der Waals surface area (Å²) >= 11 is 0. The van der Waals surface area contributed by atoms with Gasteiger partial charge < -0.3 is 15.2 Å². The van der Waals surface area contributed by atoms with Gasteiger partial charge in [-0.3, -0.25) is 4.79 Å². The van der Waals surface area contributed by atoms with Crippen molar-refractivity contribution in [2.45, 2.75) is 38.9 Å². The number of rotatable bonds is 3. The van der Waals surface area contributed by atoms with Crippen LogP contribution >= 0.6 is 0 Å². The second-order valence-electron chi connectivity index (χ2n) is 4.10. The van der Waals surface area contributed by atoms with Crippen molar-refractivity contribution < 1.29 is 4.79 Å². The second kappa shape index (κ2) is 4.61. The fourth-order valence-electron chi connectivity index (χ4n) is 1.92. The largest absolute Gasteiger partial charge is 0.332 e. The highest BCUT2D eigenvalue weighted by Gasteiger charge is 2.25. The zero-order valence-corrected chi connectivity index (χ0v) is 9.46. The van der Waals surface area contributed by atoms with E-state index in [0.717, 1.165) is 25.2 Å². The molecule has 88 valence electrons. The fourth-order valence-corrected chi connectivity index (χ4v) is 1.92. The summed E-state index contributed by atoms with van der Waals surface area (Å²) in [5.74, 6) is 0.861. The van der Waals surface area contributed by atoms with Crippen LogP contribution in [0.15, 0.2) is 6.33 Å². The van der Waals surface area contributed by atoms with Crippen molar-refractivity contribution in [2.24, 2.45) is 5.73 Å². The molecule has 0 saturated carbocycles.